The number of nitrogens with zero attached hydrogens (tertiary/aromatic N) is 4. The van der Waals surface area contributed by atoms with Crippen LogP contribution in [-0.2, 0) is 4.79 Å². The molecule has 1 aromatic heterocycles. The van der Waals surface area contributed by atoms with Crippen molar-refractivity contribution >= 4 is 11.8 Å². The largest absolute Gasteiger partial charge is 0.370 e. The van der Waals surface area contributed by atoms with Crippen molar-refractivity contribution in [2.45, 2.75) is 33.1 Å². The van der Waals surface area contributed by atoms with Crippen LogP contribution < -0.4 is 5.73 Å². The summed E-state index contributed by atoms with van der Waals surface area (Å²) in [6, 6.07) is 7.90. The molecule has 0 spiro atoms. The van der Waals surface area contributed by atoms with E-state index in [4.69, 9.17) is 5.73 Å². The molecule has 1 aromatic carbocycles. The van der Waals surface area contributed by atoms with Crippen LogP contribution in [-0.4, -0.2) is 44.8 Å². The number of rotatable bonds is 4. The van der Waals surface area contributed by atoms with Crippen LogP contribution in [0, 0.1) is 19.8 Å². The number of hydrogen-bond donors (Lipinski definition) is 1. The average molecular weight is 341 g/mol. The van der Waals surface area contributed by atoms with Gasteiger partial charge in [0.2, 0.25) is 5.91 Å². The van der Waals surface area contributed by atoms with Crippen molar-refractivity contribution in [2.24, 2.45) is 11.7 Å². The minimum atomic E-state index is -0.319. The van der Waals surface area contributed by atoms with Crippen molar-refractivity contribution in [3.8, 4) is 5.69 Å². The SMILES string of the molecule is Cc1ccc(-n2nnc(C(=O)N3CCCC(CC(N)=O)C3)c2C)cc1. The third-order valence-electron chi connectivity index (χ3n) is 4.67. The minimum Gasteiger partial charge on any atom is -0.370 e. The molecule has 7 nitrogen and oxygen atoms in total. The predicted molar refractivity (Wildman–Crippen MR) is 93.3 cm³/mol. The lowest BCUT2D eigenvalue weighted by Gasteiger charge is -2.31. The van der Waals surface area contributed by atoms with E-state index in [-0.39, 0.29) is 17.7 Å². The first-order chi connectivity index (χ1) is 12.0. The van der Waals surface area contributed by atoms with Gasteiger partial charge < -0.3 is 10.6 Å². The van der Waals surface area contributed by atoms with E-state index in [9.17, 15) is 9.59 Å². The van der Waals surface area contributed by atoms with Crippen molar-refractivity contribution in [1.29, 1.82) is 0 Å². The molecule has 2 aromatic rings. The first-order valence-corrected chi connectivity index (χ1v) is 8.52. The summed E-state index contributed by atoms with van der Waals surface area (Å²) in [6.07, 6.45) is 2.11. The van der Waals surface area contributed by atoms with Crippen LogP contribution in [0.4, 0.5) is 0 Å². The van der Waals surface area contributed by atoms with Crippen LogP contribution in [0.5, 0.6) is 0 Å². The molecule has 2 heterocycles. The van der Waals surface area contributed by atoms with E-state index in [2.05, 4.69) is 10.3 Å². The van der Waals surface area contributed by atoms with Gasteiger partial charge in [0, 0.05) is 19.5 Å². The smallest absolute Gasteiger partial charge is 0.276 e. The summed E-state index contributed by atoms with van der Waals surface area (Å²) in [6.45, 7) is 5.08. The summed E-state index contributed by atoms with van der Waals surface area (Å²) in [7, 11) is 0. The van der Waals surface area contributed by atoms with Crippen LogP contribution in [0.3, 0.4) is 0 Å². The molecule has 1 unspecified atom stereocenters. The van der Waals surface area contributed by atoms with Crippen molar-refractivity contribution in [3.63, 3.8) is 0 Å². The molecule has 1 aliphatic heterocycles. The molecular weight excluding hydrogens is 318 g/mol. The first kappa shape index (κ1) is 17.1. The van der Waals surface area contributed by atoms with Gasteiger partial charge in [0.15, 0.2) is 5.69 Å². The first-order valence-electron chi connectivity index (χ1n) is 8.52. The molecule has 1 saturated heterocycles. The second kappa shape index (κ2) is 7.04. The van der Waals surface area contributed by atoms with Crippen molar-refractivity contribution in [3.05, 3.63) is 41.2 Å². The van der Waals surface area contributed by atoms with Gasteiger partial charge >= 0.3 is 0 Å². The Hall–Kier alpha value is -2.70. The predicted octanol–water partition coefficient (Wildman–Crippen LogP) is 1.61. The van der Waals surface area contributed by atoms with Gasteiger partial charge in [-0.15, -0.1) is 5.10 Å². The van der Waals surface area contributed by atoms with E-state index in [0.717, 1.165) is 24.1 Å². The molecule has 7 heteroatoms. The molecule has 0 aliphatic carbocycles. The molecule has 0 saturated carbocycles. The van der Waals surface area contributed by atoms with Gasteiger partial charge in [0.25, 0.3) is 5.91 Å². The Morgan fingerprint density at radius 3 is 2.64 bits per heavy atom. The van der Waals surface area contributed by atoms with E-state index in [1.54, 1.807) is 9.58 Å². The fraction of sp³-hybridized carbons (Fsp3) is 0.444. The third kappa shape index (κ3) is 3.70. The van der Waals surface area contributed by atoms with Gasteiger partial charge in [0.05, 0.1) is 11.4 Å². The van der Waals surface area contributed by atoms with Gasteiger partial charge in [0.1, 0.15) is 0 Å². The monoisotopic (exact) mass is 341 g/mol. The molecule has 2 amide bonds. The Balaban J connectivity index is 1.79. The summed E-state index contributed by atoms with van der Waals surface area (Å²) >= 11 is 0. The summed E-state index contributed by atoms with van der Waals surface area (Å²) in [5.41, 5.74) is 8.40. The number of aromatic nitrogens is 3. The molecular formula is C18H23N5O2. The lowest BCUT2D eigenvalue weighted by atomic mass is 9.94. The highest BCUT2D eigenvalue weighted by Gasteiger charge is 2.28. The van der Waals surface area contributed by atoms with Gasteiger partial charge in [-0.25, -0.2) is 4.68 Å². The number of carbonyl (C=O) groups excluding carboxylic acids is 2. The Morgan fingerprint density at radius 2 is 1.96 bits per heavy atom. The molecule has 25 heavy (non-hydrogen) atoms. The Bertz CT molecular complexity index is 781. The van der Waals surface area contributed by atoms with Crippen LogP contribution in [0.25, 0.3) is 5.69 Å². The molecule has 1 atom stereocenters. The maximum Gasteiger partial charge on any atom is 0.276 e. The maximum absolute atomic E-state index is 12.8. The van der Waals surface area contributed by atoms with Gasteiger partial charge in [-0.3, -0.25) is 9.59 Å². The Morgan fingerprint density at radius 1 is 1.24 bits per heavy atom. The number of carbonyl (C=O) groups is 2. The van der Waals surface area contributed by atoms with Gasteiger partial charge in [-0.05, 0) is 44.7 Å². The van der Waals surface area contributed by atoms with E-state index in [1.807, 2.05) is 38.1 Å². The third-order valence-corrected chi connectivity index (χ3v) is 4.67. The summed E-state index contributed by atoms with van der Waals surface area (Å²) in [5.74, 6) is -0.325. The van der Waals surface area contributed by atoms with E-state index in [1.165, 1.54) is 0 Å². The molecule has 0 bridgehead atoms. The van der Waals surface area contributed by atoms with Crippen molar-refractivity contribution < 1.29 is 9.59 Å². The summed E-state index contributed by atoms with van der Waals surface area (Å²) in [4.78, 5) is 25.7. The highest BCUT2D eigenvalue weighted by molar-refractivity contribution is 5.93. The highest BCUT2D eigenvalue weighted by Crippen LogP contribution is 2.22. The zero-order valence-corrected chi connectivity index (χ0v) is 14.6. The number of benzene rings is 1. The lowest BCUT2D eigenvalue weighted by Crippen LogP contribution is -2.41. The highest BCUT2D eigenvalue weighted by atomic mass is 16.2. The van der Waals surface area contributed by atoms with Crippen LogP contribution in [0.2, 0.25) is 0 Å². The molecule has 3 rings (SSSR count). The van der Waals surface area contributed by atoms with Crippen molar-refractivity contribution in [2.75, 3.05) is 13.1 Å². The number of nitrogens with two attached hydrogens (primary N) is 1. The number of hydrogen-bond acceptors (Lipinski definition) is 4. The zero-order chi connectivity index (χ0) is 18.0. The van der Waals surface area contributed by atoms with E-state index < -0.39 is 0 Å². The number of piperidine rings is 1. The number of primary amides is 1. The molecule has 132 valence electrons. The Labute approximate surface area is 146 Å². The Kier molecular flexibility index (Phi) is 4.83. The fourth-order valence-corrected chi connectivity index (χ4v) is 3.31. The fourth-order valence-electron chi connectivity index (χ4n) is 3.31. The number of aryl methyl sites for hydroxylation is 1. The molecule has 2 N–H and O–H groups in total. The van der Waals surface area contributed by atoms with E-state index in [0.29, 0.717) is 30.9 Å². The lowest BCUT2D eigenvalue weighted by molar-refractivity contribution is -0.119. The van der Waals surface area contributed by atoms with E-state index >= 15 is 0 Å². The maximum atomic E-state index is 12.8. The standard InChI is InChI=1S/C18H23N5O2/c1-12-5-7-15(8-6-12)23-13(2)17(20-21-23)18(25)22-9-3-4-14(11-22)10-16(19)24/h5-8,14H,3-4,9-11H2,1-2H3,(H2,19,24). The number of likely N-dealkylation sites (tertiary alicyclic amines) is 1. The second-order valence-corrected chi connectivity index (χ2v) is 6.70. The average Bonchev–Trinajstić information content (AvgIpc) is 2.96. The summed E-state index contributed by atoms with van der Waals surface area (Å²) in [5, 5.41) is 8.25. The van der Waals surface area contributed by atoms with Crippen LogP contribution in [0.15, 0.2) is 24.3 Å². The van der Waals surface area contributed by atoms with Gasteiger partial charge in [-0.1, -0.05) is 22.9 Å². The van der Waals surface area contributed by atoms with Crippen molar-refractivity contribution in [1.82, 2.24) is 19.9 Å². The molecule has 0 radical (unpaired) electrons. The van der Waals surface area contributed by atoms with Gasteiger partial charge in [-0.2, -0.15) is 0 Å². The normalized spacial score (nSPS) is 17.5. The minimum absolute atomic E-state index is 0.127. The molecule has 1 fully saturated rings. The molecule has 1 aliphatic rings. The second-order valence-electron chi connectivity index (χ2n) is 6.70. The number of amides is 2. The quantitative estimate of drug-likeness (QED) is 0.914. The topological polar surface area (TPSA) is 94.1 Å². The zero-order valence-electron chi connectivity index (χ0n) is 14.6. The van der Waals surface area contributed by atoms with Crippen LogP contribution >= 0.6 is 0 Å². The van der Waals surface area contributed by atoms with Crippen LogP contribution in [0.1, 0.15) is 41.0 Å². The summed E-state index contributed by atoms with van der Waals surface area (Å²) < 4.78 is 1.68.